The third-order valence-corrected chi connectivity index (χ3v) is 2.85. The van der Waals surface area contributed by atoms with Crippen molar-refractivity contribution >= 4 is 5.97 Å². The van der Waals surface area contributed by atoms with Crippen LogP contribution in [0.25, 0.3) is 0 Å². The predicted molar refractivity (Wildman–Crippen MR) is 38.1 cm³/mol. The third kappa shape index (κ3) is 1.02. The molecule has 0 unspecified atom stereocenters. The fourth-order valence-electron chi connectivity index (χ4n) is 2.19. The lowest BCUT2D eigenvalue weighted by molar-refractivity contribution is -0.141. The van der Waals surface area contributed by atoms with Crippen LogP contribution >= 0.6 is 0 Å². The third-order valence-electron chi connectivity index (χ3n) is 2.85. The monoisotopic (exact) mass is 174 g/mol. The largest absolute Gasteiger partial charge is 0.462 e. The molecule has 0 aromatic heterocycles. The van der Waals surface area contributed by atoms with Crippen molar-refractivity contribution in [2.75, 3.05) is 6.61 Å². The Morgan fingerprint density at radius 2 is 2.42 bits per heavy atom. The van der Waals surface area contributed by atoms with Gasteiger partial charge in [-0.25, -0.2) is 4.39 Å². The maximum atomic E-state index is 13.1. The van der Waals surface area contributed by atoms with Gasteiger partial charge in [0.15, 0.2) is 0 Å². The summed E-state index contributed by atoms with van der Waals surface area (Å²) in [4.78, 5) is 10.8. The number of carbonyl (C=O) groups excluding carboxylic acids is 1. The molecule has 4 atom stereocenters. The van der Waals surface area contributed by atoms with E-state index >= 15 is 0 Å². The molecule has 0 radical (unpaired) electrons. The molecule has 0 spiro atoms. The van der Waals surface area contributed by atoms with E-state index in [4.69, 9.17) is 9.84 Å². The second-order valence-electron chi connectivity index (χ2n) is 3.49. The van der Waals surface area contributed by atoms with Gasteiger partial charge in [-0.1, -0.05) is 0 Å². The van der Waals surface area contributed by atoms with Gasteiger partial charge in [0, 0.05) is 24.9 Å². The first-order valence-electron chi connectivity index (χ1n) is 4.16. The van der Waals surface area contributed by atoms with E-state index in [-0.39, 0.29) is 43.4 Å². The van der Waals surface area contributed by atoms with E-state index < -0.39 is 6.17 Å². The highest BCUT2D eigenvalue weighted by atomic mass is 19.1. The van der Waals surface area contributed by atoms with E-state index in [2.05, 4.69) is 0 Å². The van der Waals surface area contributed by atoms with Gasteiger partial charge in [-0.05, 0) is 0 Å². The molecule has 0 aromatic rings. The molecule has 2 fully saturated rings. The molecule has 1 N–H and O–H groups in total. The molecule has 12 heavy (non-hydrogen) atoms. The molecule has 0 aromatic carbocycles. The lowest BCUT2D eigenvalue weighted by atomic mass is 9.93. The van der Waals surface area contributed by atoms with E-state index in [1.807, 2.05) is 0 Å². The van der Waals surface area contributed by atoms with Crippen molar-refractivity contribution in [1.29, 1.82) is 0 Å². The van der Waals surface area contributed by atoms with Crippen molar-refractivity contribution in [2.45, 2.75) is 25.1 Å². The highest BCUT2D eigenvalue weighted by Gasteiger charge is 2.50. The Balaban J connectivity index is 2.11. The molecule has 68 valence electrons. The lowest BCUT2D eigenvalue weighted by Gasteiger charge is -2.13. The highest BCUT2D eigenvalue weighted by molar-refractivity contribution is 5.72. The normalized spacial score (nSPS) is 46.0. The first-order chi connectivity index (χ1) is 5.72. The molecular formula is C8H11FO3. The standard InChI is InChI=1S/C8H11FO3/c9-6-2-7-4(5(6)3-10)1-8(11)12-7/h4-7,10H,1-3H2/t4-,5-,6+,7+/m1/s1. The van der Waals surface area contributed by atoms with E-state index in [1.165, 1.54) is 0 Å². The topological polar surface area (TPSA) is 46.5 Å². The zero-order chi connectivity index (χ0) is 8.72. The molecule has 1 aliphatic heterocycles. The lowest BCUT2D eigenvalue weighted by Crippen LogP contribution is -2.21. The van der Waals surface area contributed by atoms with Crippen LogP contribution in [0.5, 0.6) is 0 Å². The van der Waals surface area contributed by atoms with Crippen LogP contribution in [0.15, 0.2) is 0 Å². The summed E-state index contributed by atoms with van der Waals surface area (Å²) in [6.45, 7) is -0.182. The number of halogens is 1. The molecule has 1 aliphatic carbocycles. The number of carbonyl (C=O) groups is 1. The Labute approximate surface area is 69.5 Å². The number of alkyl halides is 1. The minimum atomic E-state index is -1.00. The summed E-state index contributed by atoms with van der Waals surface area (Å²) < 4.78 is 18.0. The first-order valence-corrected chi connectivity index (χ1v) is 4.16. The van der Waals surface area contributed by atoms with Crippen LogP contribution in [-0.4, -0.2) is 30.0 Å². The van der Waals surface area contributed by atoms with Crippen LogP contribution in [0.2, 0.25) is 0 Å². The van der Waals surface area contributed by atoms with Gasteiger partial charge >= 0.3 is 5.97 Å². The maximum absolute atomic E-state index is 13.1. The molecule has 0 amide bonds. The van der Waals surface area contributed by atoms with Gasteiger partial charge in [-0.3, -0.25) is 4.79 Å². The van der Waals surface area contributed by atoms with Crippen LogP contribution < -0.4 is 0 Å². The molecule has 1 heterocycles. The molecule has 2 aliphatic rings. The quantitative estimate of drug-likeness (QED) is 0.580. The van der Waals surface area contributed by atoms with Crippen molar-refractivity contribution in [3.8, 4) is 0 Å². The number of esters is 1. The summed E-state index contributed by atoms with van der Waals surface area (Å²) in [5, 5.41) is 8.86. The van der Waals surface area contributed by atoms with Gasteiger partial charge < -0.3 is 9.84 Å². The summed E-state index contributed by atoms with van der Waals surface area (Å²) >= 11 is 0. The zero-order valence-corrected chi connectivity index (χ0v) is 6.57. The van der Waals surface area contributed by atoms with Crippen molar-refractivity contribution in [3.63, 3.8) is 0 Å². The van der Waals surface area contributed by atoms with Gasteiger partial charge in [0.05, 0.1) is 6.42 Å². The van der Waals surface area contributed by atoms with Crippen molar-refractivity contribution in [2.24, 2.45) is 11.8 Å². The van der Waals surface area contributed by atoms with Gasteiger partial charge in [0.1, 0.15) is 12.3 Å². The van der Waals surface area contributed by atoms with E-state index in [0.29, 0.717) is 0 Å². The van der Waals surface area contributed by atoms with Crippen LogP contribution in [0.4, 0.5) is 4.39 Å². The van der Waals surface area contributed by atoms with E-state index in [0.717, 1.165) is 0 Å². The second-order valence-corrected chi connectivity index (χ2v) is 3.49. The van der Waals surface area contributed by atoms with Crippen molar-refractivity contribution < 1.29 is 19.0 Å². The Kier molecular flexibility index (Phi) is 1.79. The molecule has 4 heteroatoms. The smallest absolute Gasteiger partial charge is 0.306 e. The average Bonchev–Trinajstić information content (AvgIpc) is 2.43. The number of aliphatic hydroxyl groups is 1. The summed E-state index contributed by atoms with van der Waals surface area (Å²) in [6, 6.07) is 0. The number of ether oxygens (including phenoxy) is 1. The highest BCUT2D eigenvalue weighted by Crippen LogP contribution is 2.42. The fourth-order valence-corrected chi connectivity index (χ4v) is 2.19. The molecule has 1 saturated carbocycles. The van der Waals surface area contributed by atoms with Gasteiger partial charge in [-0.15, -0.1) is 0 Å². The number of hydrogen-bond donors (Lipinski definition) is 1. The van der Waals surface area contributed by atoms with E-state index in [1.54, 1.807) is 0 Å². The van der Waals surface area contributed by atoms with Gasteiger partial charge in [0.25, 0.3) is 0 Å². The van der Waals surface area contributed by atoms with Crippen molar-refractivity contribution in [3.05, 3.63) is 0 Å². The Morgan fingerprint density at radius 1 is 1.67 bits per heavy atom. The minimum Gasteiger partial charge on any atom is -0.462 e. The fraction of sp³-hybridized carbons (Fsp3) is 0.875. The van der Waals surface area contributed by atoms with Crippen LogP contribution in [0.3, 0.4) is 0 Å². The summed E-state index contributed by atoms with van der Waals surface area (Å²) in [5.74, 6) is -0.728. The van der Waals surface area contributed by atoms with Crippen LogP contribution in [-0.2, 0) is 9.53 Å². The van der Waals surface area contributed by atoms with Gasteiger partial charge in [0.2, 0.25) is 0 Å². The molecule has 0 bridgehead atoms. The van der Waals surface area contributed by atoms with Crippen molar-refractivity contribution in [1.82, 2.24) is 0 Å². The minimum absolute atomic E-state index is 0.0856. The Morgan fingerprint density at radius 3 is 3.08 bits per heavy atom. The second kappa shape index (κ2) is 2.69. The van der Waals surface area contributed by atoms with Crippen LogP contribution in [0.1, 0.15) is 12.8 Å². The summed E-state index contributed by atoms with van der Waals surface area (Å²) in [5.41, 5.74) is 0. The Hall–Kier alpha value is -0.640. The number of aliphatic hydroxyl groups excluding tert-OH is 1. The predicted octanol–water partition coefficient (Wildman–Crippen LogP) is 0.268. The number of hydrogen-bond acceptors (Lipinski definition) is 3. The number of fused-ring (bicyclic) bond motifs is 1. The first kappa shape index (κ1) is 7.98. The molecule has 3 nitrogen and oxygen atoms in total. The summed E-state index contributed by atoms with van der Waals surface area (Å²) in [6.07, 6.45) is -0.736. The molecular weight excluding hydrogens is 163 g/mol. The Bertz CT molecular complexity index is 206. The van der Waals surface area contributed by atoms with E-state index in [9.17, 15) is 9.18 Å². The van der Waals surface area contributed by atoms with Gasteiger partial charge in [-0.2, -0.15) is 0 Å². The maximum Gasteiger partial charge on any atom is 0.306 e. The number of rotatable bonds is 1. The SMILES string of the molecule is O=C1C[C@@H]2[C@@H](CO)[C@@H](F)C[C@@H]2O1. The summed E-state index contributed by atoms with van der Waals surface area (Å²) in [7, 11) is 0. The molecule has 1 saturated heterocycles. The zero-order valence-electron chi connectivity index (χ0n) is 6.57. The average molecular weight is 174 g/mol. The molecule has 2 rings (SSSR count). The van der Waals surface area contributed by atoms with Crippen LogP contribution in [0, 0.1) is 11.8 Å².